The second kappa shape index (κ2) is 6.58. The molecule has 0 aliphatic carbocycles. The number of carbonyl (C=O) groups is 1. The van der Waals surface area contributed by atoms with Crippen molar-refractivity contribution in [2.24, 2.45) is 5.73 Å². The lowest BCUT2D eigenvalue weighted by Crippen LogP contribution is -2.33. The zero-order chi connectivity index (χ0) is 11.4. The number of halogens is 2. The van der Waals surface area contributed by atoms with Gasteiger partial charge in [0.25, 0.3) is 0 Å². The van der Waals surface area contributed by atoms with Gasteiger partial charge in [0.1, 0.15) is 11.8 Å². The molecule has 3 N–H and O–H groups in total. The third kappa shape index (κ3) is 3.89. The van der Waals surface area contributed by atoms with Gasteiger partial charge in [-0.1, -0.05) is 17.7 Å². The molecule has 0 aliphatic heterocycles. The molecule has 0 aliphatic rings. The van der Waals surface area contributed by atoms with Crippen molar-refractivity contribution < 1.29 is 14.6 Å². The standard InChI is InChI=1S/C10H12ClNO3.ClH/c1-15-10(14)8(12)5-6-2-3-9(13)7(11)4-6;/h2-4,8,13H,5,12H2,1H3;1H. The van der Waals surface area contributed by atoms with E-state index in [-0.39, 0.29) is 23.2 Å². The molecule has 6 heteroatoms. The summed E-state index contributed by atoms with van der Waals surface area (Å²) in [6.07, 6.45) is 0.326. The summed E-state index contributed by atoms with van der Waals surface area (Å²) in [6.45, 7) is 0. The van der Waals surface area contributed by atoms with Crippen molar-refractivity contribution in [1.29, 1.82) is 0 Å². The zero-order valence-electron chi connectivity index (χ0n) is 8.64. The predicted octanol–water partition coefficient (Wildman–Crippen LogP) is 1.51. The molecule has 0 fully saturated rings. The number of rotatable bonds is 3. The highest BCUT2D eigenvalue weighted by Crippen LogP contribution is 2.24. The molecule has 1 unspecified atom stereocenters. The molecule has 1 aromatic carbocycles. The molecule has 16 heavy (non-hydrogen) atoms. The van der Waals surface area contributed by atoms with E-state index in [0.717, 1.165) is 5.56 Å². The van der Waals surface area contributed by atoms with Gasteiger partial charge in [0, 0.05) is 0 Å². The molecule has 0 saturated carbocycles. The molecule has 1 aromatic rings. The molecule has 0 aromatic heterocycles. The molecule has 0 spiro atoms. The van der Waals surface area contributed by atoms with Gasteiger partial charge in [0.2, 0.25) is 0 Å². The van der Waals surface area contributed by atoms with E-state index in [0.29, 0.717) is 6.42 Å². The van der Waals surface area contributed by atoms with Crippen molar-refractivity contribution in [2.45, 2.75) is 12.5 Å². The fourth-order valence-electron chi connectivity index (χ4n) is 1.17. The largest absolute Gasteiger partial charge is 0.506 e. The van der Waals surface area contributed by atoms with Gasteiger partial charge < -0.3 is 15.6 Å². The fourth-order valence-corrected chi connectivity index (χ4v) is 1.37. The number of carbonyl (C=O) groups excluding carboxylic acids is 1. The molecular formula is C10H13Cl2NO3. The van der Waals surface area contributed by atoms with Gasteiger partial charge >= 0.3 is 5.97 Å². The molecule has 0 heterocycles. The summed E-state index contributed by atoms with van der Waals surface area (Å²) in [5.41, 5.74) is 6.34. The van der Waals surface area contributed by atoms with Crippen molar-refractivity contribution in [3.05, 3.63) is 28.8 Å². The lowest BCUT2D eigenvalue weighted by molar-refractivity contribution is -0.142. The van der Waals surface area contributed by atoms with E-state index in [4.69, 9.17) is 17.3 Å². The molecule has 90 valence electrons. The van der Waals surface area contributed by atoms with Gasteiger partial charge in [-0.3, -0.25) is 4.79 Å². The van der Waals surface area contributed by atoms with Gasteiger partial charge in [0.15, 0.2) is 0 Å². The fraction of sp³-hybridized carbons (Fsp3) is 0.300. The van der Waals surface area contributed by atoms with Gasteiger partial charge in [-0.2, -0.15) is 0 Å². The Labute approximate surface area is 105 Å². The van der Waals surface area contributed by atoms with Crippen LogP contribution in [0.15, 0.2) is 18.2 Å². The van der Waals surface area contributed by atoms with E-state index in [1.807, 2.05) is 0 Å². The normalized spacial score (nSPS) is 11.4. The minimum atomic E-state index is -0.712. The number of phenols is 1. The highest BCUT2D eigenvalue weighted by Gasteiger charge is 2.14. The Bertz CT molecular complexity index is 371. The summed E-state index contributed by atoms with van der Waals surface area (Å²) in [5.74, 6) is -0.466. The topological polar surface area (TPSA) is 72.5 Å². The first kappa shape index (κ1) is 15.0. The number of hydrogen-bond donors (Lipinski definition) is 2. The Morgan fingerprint density at radius 3 is 2.75 bits per heavy atom. The minimum Gasteiger partial charge on any atom is -0.506 e. The maximum Gasteiger partial charge on any atom is 0.322 e. The van der Waals surface area contributed by atoms with Crippen LogP contribution in [0.2, 0.25) is 5.02 Å². The van der Waals surface area contributed by atoms with Crippen LogP contribution >= 0.6 is 24.0 Å². The van der Waals surface area contributed by atoms with Crippen molar-refractivity contribution in [3.63, 3.8) is 0 Å². The summed E-state index contributed by atoms with van der Waals surface area (Å²) in [6, 6.07) is 3.97. The molecule has 4 nitrogen and oxygen atoms in total. The van der Waals surface area contributed by atoms with Crippen LogP contribution in [0.4, 0.5) is 0 Å². The van der Waals surface area contributed by atoms with Gasteiger partial charge in [0.05, 0.1) is 12.1 Å². The number of hydrogen-bond acceptors (Lipinski definition) is 4. The maximum absolute atomic E-state index is 11.0. The van der Waals surface area contributed by atoms with Crippen LogP contribution in [0.3, 0.4) is 0 Å². The molecule has 0 saturated heterocycles. The quantitative estimate of drug-likeness (QED) is 0.813. The number of esters is 1. The number of methoxy groups -OCH3 is 1. The van der Waals surface area contributed by atoms with Crippen LogP contribution in [-0.2, 0) is 16.0 Å². The lowest BCUT2D eigenvalue weighted by Gasteiger charge is -2.09. The van der Waals surface area contributed by atoms with E-state index in [2.05, 4.69) is 4.74 Å². The molecule has 0 amide bonds. The van der Waals surface area contributed by atoms with Crippen LogP contribution in [0, 0.1) is 0 Å². The second-order valence-electron chi connectivity index (χ2n) is 3.12. The highest BCUT2D eigenvalue weighted by atomic mass is 35.5. The van der Waals surface area contributed by atoms with Crippen LogP contribution < -0.4 is 5.73 Å². The zero-order valence-corrected chi connectivity index (χ0v) is 10.2. The van der Waals surface area contributed by atoms with Crippen molar-refractivity contribution in [3.8, 4) is 5.75 Å². The highest BCUT2D eigenvalue weighted by molar-refractivity contribution is 6.32. The maximum atomic E-state index is 11.0. The summed E-state index contributed by atoms with van der Waals surface area (Å²) >= 11 is 5.70. The molecular weight excluding hydrogens is 253 g/mol. The number of ether oxygens (including phenoxy) is 1. The molecule has 0 radical (unpaired) electrons. The Morgan fingerprint density at radius 1 is 1.62 bits per heavy atom. The van der Waals surface area contributed by atoms with E-state index >= 15 is 0 Å². The minimum absolute atomic E-state index is 0. The third-order valence-electron chi connectivity index (χ3n) is 1.97. The van der Waals surface area contributed by atoms with Crippen LogP contribution in [0.1, 0.15) is 5.56 Å². The van der Waals surface area contributed by atoms with E-state index in [1.165, 1.54) is 13.2 Å². The third-order valence-corrected chi connectivity index (χ3v) is 2.27. The Hall–Kier alpha value is -0.970. The van der Waals surface area contributed by atoms with Crippen LogP contribution in [-0.4, -0.2) is 24.2 Å². The Balaban J connectivity index is 0.00000225. The van der Waals surface area contributed by atoms with Gasteiger partial charge in [-0.15, -0.1) is 12.4 Å². The van der Waals surface area contributed by atoms with Crippen molar-refractivity contribution in [1.82, 2.24) is 0 Å². The SMILES string of the molecule is COC(=O)C(N)Cc1ccc(O)c(Cl)c1.Cl. The smallest absolute Gasteiger partial charge is 0.322 e. The lowest BCUT2D eigenvalue weighted by atomic mass is 10.1. The molecule has 0 bridgehead atoms. The van der Waals surface area contributed by atoms with Gasteiger partial charge in [-0.25, -0.2) is 0 Å². The van der Waals surface area contributed by atoms with Crippen LogP contribution in [0.5, 0.6) is 5.75 Å². The second-order valence-corrected chi connectivity index (χ2v) is 3.53. The summed E-state index contributed by atoms with van der Waals surface area (Å²) in [4.78, 5) is 11.0. The summed E-state index contributed by atoms with van der Waals surface area (Å²) in [5, 5.41) is 9.42. The Kier molecular flexibility index (Phi) is 6.18. The van der Waals surface area contributed by atoms with Crippen LogP contribution in [0.25, 0.3) is 0 Å². The van der Waals surface area contributed by atoms with E-state index in [9.17, 15) is 9.90 Å². The predicted molar refractivity (Wildman–Crippen MR) is 64.1 cm³/mol. The Morgan fingerprint density at radius 2 is 2.25 bits per heavy atom. The first-order chi connectivity index (χ1) is 7.04. The van der Waals surface area contributed by atoms with E-state index < -0.39 is 12.0 Å². The van der Waals surface area contributed by atoms with E-state index in [1.54, 1.807) is 12.1 Å². The summed E-state index contributed by atoms with van der Waals surface area (Å²) < 4.78 is 4.49. The number of aromatic hydroxyl groups is 1. The number of phenolic OH excluding ortho intramolecular Hbond substituents is 1. The average Bonchev–Trinajstić information content (AvgIpc) is 2.22. The molecule has 1 rings (SSSR count). The van der Waals surface area contributed by atoms with Crippen molar-refractivity contribution >= 4 is 30.0 Å². The first-order valence-corrected chi connectivity index (χ1v) is 4.73. The number of nitrogens with two attached hydrogens (primary N) is 1. The summed E-state index contributed by atoms with van der Waals surface area (Å²) in [7, 11) is 1.28. The van der Waals surface area contributed by atoms with Crippen molar-refractivity contribution in [2.75, 3.05) is 7.11 Å². The molecule has 1 atom stereocenters. The van der Waals surface area contributed by atoms with Gasteiger partial charge in [-0.05, 0) is 24.1 Å². The average molecular weight is 266 g/mol. The first-order valence-electron chi connectivity index (χ1n) is 4.35. The number of benzene rings is 1. The monoisotopic (exact) mass is 265 g/mol.